The van der Waals surface area contributed by atoms with E-state index in [-0.39, 0.29) is 5.41 Å². The second-order valence-corrected chi connectivity index (χ2v) is 6.95. The molecule has 1 atom stereocenters. The van der Waals surface area contributed by atoms with Crippen LogP contribution in [0.25, 0.3) is 0 Å². The first-order valence-electron chi connectivity index (χ1n) is 4.68. The molecule has 0 aromatic carbocycles. The molecule has 0 heterocycles. The molecule has 0 rings (SSSR count). The first-order chi connectivity index (χ1) is 6.45. The monoisotopic (exact) mass is 236 g/mol. The number of hydrogen-bond acceptors (Lipinski definition) is 4. The average molecular weight is 236 g/mol. The quantitative estimate of drug-likeness (QED) is 0.757. The van der Waals surface area contributed by atoms with Gasteiger partial charge in [0.25, 0.3) is 5.91 Å². The third-order valence-corrected chi connectivity index (χ3v) is 3.13. The molecule has 15 heavy (non-hydrogen) atoms. The number of sulfonamides is 1. The molecule has 5 nitrogen and oxygen atoms in total. The van der Waals surface area contributed by atoms with E-state index in [0.717, 1.165) is 6.26 Å². The van der Waals surface area contributed by atoms with Gasteiger partial charge in [0.1, 0.15) is 0 Å². The smallest absolute Gasteiger partial charge is 0.252 e. The number of nitrogens with two attached hydrogens (primary N) is 1. The molecule has 0 aromatic heterocycles. The molecule has 2 N–H and O–H groups in total. The van der Waals surface area contributed by atoms with Crippen LogP contribution in [0, 0.1) is 5.41 Å². The van der Waals surface area contributed by atoms with E-state index in [9.17, 15) is 13.2 Å². The summed E-state index contributed by atoms with van der Waals surface area (Å²) in [5.41, 5.74) is 5.54. The lowest BCUT2D eigenvalue weighted by atomic mass is 9.88. The maximum atomic E-state index is 11.6. The van der Waals surface area contributed by atoms with Crippen LogP contribution in [-0.2, 0) is 14.8 Å². The van der Waals surface area contributed by atoms with E-state index in [2.05, 4.69) is 0 Å². The first-order valence-corrected chi connectivity index (χ1v) is 6.53. The Balaban J connectivity index is 4.61. The van der Waals surface area contributed by atoms with Gasteiger partial charge in [0.15, 0.2) is 0 Å². The SMILES string of the molecule is CN(C(=O)C(N)CC(C)(C)C)S(C)(=O)=O. The van der Waals surface area contributed by atoms with Gasteiger partial charge in [0.2, 0.25) is 10.0 Å². The number of rotatable bonds is 3. The molecule has 0 aliphatic rings. The van der Waals surface area contributed by atoms with Crippen molar-refractivity contribution in [3.63, 3.8) is 0 Å². The second-order valence-electron chi connectivity index (χ2n) is 4.94. The highest BCUT2D eigenvalue weighted by Gasteiger charge is 2.27. The zero-order valence-electron chi connectivity index (χ0n) is 9.94. The highest BCUT2D eigenvalue weighted by molar-refractivity contribution is 7.88. The molecule has 0 fully saturated rings. The lowest BCUT2D eigenvalue weighted by Crippen LogP contribution is -2.45. The van der Waals surface area contributed by atoms with Crippen LogP contribution < -0.4 is 5.73 Å². The Morgan fingerprint density at radius 3 is 2.07 bits per heavy atom. The number of carbonyl (C=O) groups is 1. The Morgan fingerprint density at radius 1 is 1.40 bits per heavy atom. The van der Waals surface area contributed by atoms with Crippen molar-refractivity contribution < 1.29 is 13.2 Å². The summed E-state index contributed by atoms with van der Waals surface area (Å²) >= 11 is 0. The summed E-state index contributed by atoms with van der Waals surface area (Å²) in [7, 11) is -2.28. The first kappa shape index (κ1) is 14.4. The minimum atomic E-state index is -3.50. The molecule has 0 saturated heterocycles. The summed E-state index contributed by atoms with van der Waals surface area (Å²) in [6.07, 6.45) is 1.43. The number of amides is 1. The molecule has 0 aliphatic carbocycles. The van der Waals surface area contributed by atoms with Crippen LogP contribution >= 0.6 is 0 Å². The Labute approximate surface area is 91.7 Å². The van der Waals surface area contributed by atoms with E-state index in [1.54, 1.807) is 0 Å². The normalized spacial score (nSPS) is 14.8. The zero-order chi connectivity index (χ0) is 12.4. The molecule has 90 valence electrons. The molecular weight excluding hydrogens is 216 g/mol. The molecule has 0 aromatic rings. The maximum Gasteiger partial charge on any atom is 0.252 e. The summed E-state index contributed by atoms with van der Waals surface area (Å²) in [4.78, 5) is 11.6. The van der Waals surface area contributed by atoms with Gasteiger partial charge in [0.05, 0.1) is 12.3 Å². The van der Waals surface area contributed by atoms with E-state index in [4.69, 9.17) is 5.73 Å². The van der Waals surface area contributed by atoms with E-state index in [1.807, 2.05) is 20.8 Å². The topological polar surface area (TPSA) is 80.5 Å². The Bertz CT molecular complexity index is 330. The summed E-state index contributed by atoms with van der Waals surface area (Å²) in [6.45, 7) is 5.84. The summed E-state index contributed by atoms with van der Waals surface area (Å²) in [6, 6.07) is -0.773. The van der Waals surface area contributed by atoms with Gasteiger partial charge in [-0.1, -0.05) is 20.8 Å². The minimum absolute atomic E-state index is 0.104. The third-order valence-electron chi connectivity index (χ3n) is 1.96. The molecule has 0 bridgehead atoms. The molecule has 0 radical (unpaired) electrons. The van der Waals surface area contributed by atoms with Crippen LogP contribution in [0.2, 0.25) is 0 Å². The van der Waals surface area contributed by atoms with E-state index < -0.39 is 22.0 Å². The molecule has 1 amide bonds. The molecule has 0 spiro atoms. The van der Waals surface area contributed by atoms with Gasteiger partial charge in [-0.15, -0.1) is 0 Å². The molecule has 0 aliphatic heterocycles. The van der Waals surface area contributed by atoms with Crippen LogP contribution in [0.5, 0.6) is 0 Å². The highest BCUT2D eigenvalue weighted by atomic mass is 32.2. The largest absolute Gasteiger partial charge is 0.320 e. The van der Waals surface area contributed by atoms with Gasteiger partial charge in [-0.3, -0.25) is 4.79 Å². The second kappa shape index (κ2) is 4.49. The number of hydrogen-bond donors (Lipinski definition) is 1. The van der Waals surface area contributed by atoms with E-state index in [0.29, 0.717) is 10.7 Å². The lowest BCUT2D eigenvalue weighted by molar-refractivity contribution is -0.127. The van der Waals surface area contributed by atoms with Crippen molar-refractivity contribution >= 4 is 15.9 Å². The van der Waals surface area contributed by atoms with Crippen LogP contribution in [-0.4, -0.2) is 38.0 Å². The molecule has 6 heteroatoms. The standard InChI is InChI=1S/C9H20N2O3S/c1-9(2,3)6-7(10)8(12)11(4)15(5,13)14/h7H,6,10H2,1-5H3. The molecule has 1 unspecified atom stereocenters. The van der Waals surface area contributed by atoms with Gasteiger partial charge in [-0.25, -0.2) is 12.7 Å². The van der Waals surface area contributed by atoms with Gasteiger partial charge in [-0.05, 0) is 11.8 Å². The fourth-order valence-corrected chi connectivity index (χ4v) is 1.61. The Morgan fingerprint density at radius 2 is 1.80 bits per heavy atom. The van der Waals surface area contributed by atoms with Gasteiger partial charge in [-0.2, -0.15) is 0 Å². The minimum Gasteiger partial charge on any atom is -0.320 e. The van der Waals surface area contributed by atoms with Gasteiger partial charge >= 0.3 is 0 Å². The Hall–Kier alpha value is -0.620. The van der Waals surface area contributed by atoms with E-state index in [1.165, 1.54) is 7.05 Å². The highest BCUT2D eigenvalue weighted by Crippen LogP contribution is 2.20. The third kappa shape index (κ3) is 5.13. The number of carbonyl (C=O) groups excluding carboxylic acids is 1. The fourth-order valence-electron chi connectivity index (χ4n) is 1.14. The summed E-state index contributed by atoms with van der Waals surface area (Å²) in [5.74, 6) is -0.563. The van der Waals surface area contributed by atoms with Gasteiger partial charge in [0, 0.05) is 7.05 Å². The van der Waals surface area contributed by atoms with Crippen molar-refractivity contribution in [1.82, 2.24) is 4.31 Å². The number of nitrogens with zero attached hydrogens (tertiary/aromatic N) is 1. The van der Waals surface area contributed by atoms with Crippen molar-refractivity contribution in [3.8, 4) is 0 Å². The zero-order valence-corrected chi connectivity index (χ0v) is 10.8. The summed E-state index contributed by atoms with van der Waals surface area (Å²) < 4.78 is 22.9. The van der Waals surface area contributed by atoms with Crippen LogP contribution in [0.15, 0.2) is 0 Å². The summed E-state index contributed by atoms with van der Waals surface area (Å²) in [5, 5.41) is 0. The van der Waals surface area contributed by atoms with Crippen LogP contribution in [0.4, 0.5) is 0 Å². The average Bonchev–Trinajstić information content (AvgIpc) is 1.96. The van der Waals surface area contributed by atoms with E-state index >= 15 is 0 Å². The molecular formula is C9H20N2O3S. The van der Waals surface area contributed by atoms with Crippen molar-refractivity contribution in [1.29, 1.82) is 0 Å². The van der Waals surface area contributed by atoms with Crippen molar-refractivity contribution in [2.24, 2.45) is 11.1 Å². The maximum absolute atomic E-state index is 11.6. The van der Waals surface area contributed by atoms with Crippen molar-refractivity contribution in [2.45, 2.75) is 33.2 Å². The van der Waals surface area contributed by atoms with Crippen LogP contribution in [0.1, 0.15) is 27.2 Å². The molecule has 0 saturated carbocycles. The number of likely N-dealkylation sites (N-methyl/N-ethyl adjacent to an activating group) is 1. The lowest BCUT2D eigenvalue weighted by Gasteiger charge is -2.25. The predicted molar refractivity (Wildman–Crippen MR) is 59.7 cm³/mol. The van der Waals surface area contributed by atoms with Crippen molar-refractivity contribution in [2.75, 3.05) is 13.3 Å². The van der Waals surface area contributed by atoms with Gasteiger partial charge < -0.3 is 5.73 Å². The predicted octanol–water partition coefficient (Wildman–Crippen LogP) is 0.168. The fraction of sp³-hybridized carbons (Fsp3) is 0.889. The van der Waals surface area contributed by atoms with Crippen LogP contribution in [0.3, 0.4) is 0 Å². The van der Waals surface area contributed by atoms with Crippen molar-refractivity contribution in [3.05, 3.63) is 0 Å². The Kier molecular flexibility index (Phi) is 4.30.